The molecular weight excluding hydrogens is 744 g/mol. The Morgan fingerprint density at radius 3 is 2.18 bits per heavy atom. The average Bonchev–Trinajstić information content (AvgIpc) is 3.19. The summed E-state index contributed by atoms with van der Waals surface area (Å²) in [5, 5.41) is 95.2. The number of ether oxygens (including phenoxy) is 6. The number of carbonyl (C=O) groups is 1. The number of hydrogen-bond donors (Lipinski definition) is 9. The molecule has 0 aliphatic carbocycles. The lowest BCUT2D eigenvalue weighted by Gasteiger charge is -2.46. The fourth-order valence-corrected chi connectivity index (χ4v) is 6.48. The van der Waals surface area contributed by atoms with E-state index in [0.717, 1.165) is 12.1 Å². The van der Waals surface area contributed by atoms with Gasteiger partial charge in [-0.15, -0.1) is 0 Å². The molecule has 2 aliphatic heterocycles. The molecule has 3 heterocycles. The van der Waals surface area contributed by atoms with Crippen molar-refractivity contribution in [3.05, 3.63) is 82.0 Å². The maximum absolute atomic E-state index is 13.5. The molecule has 1 aromatic heterocycles. The van der Waals surface area contributed by atoms with Crippen LogP contribution in [0.3, 0.4) is 0 Å². The molecule has 0 unspecified atom stereocenters. The summed E-state index contributed by atoms with van der Waals surface area (Å²) in [6.07, 6.45) is -15.5. The summed E-state index contributed by atoms with van der Waals surface area (Å²) >= 11 is 0. The highest BCUT2D eigenvalue weighted by molar-refractivity contribution is 5.88. The Labute approximate surface area is 317 Å². The van der Waals surface area contributed by atoms with Gasteiger partial charge in [-0.2, -0.15) is 0 Å². The van der Waals surface area contributed by atoms with Gasteiger partial charge in [-0.1, -0.05) is 6.07 Å². The molecule has 300 valence electrons. The van der Waals surface area contributed by atoms with Gasteiger partial charge >= 0.3 is 5.97 Å². The molecule has 9 N–H and O–H groups in total. The van der Waals surface area contributed by atoms with Crippen LogP contribution in [0.1, 0.15) is 17.2 Å². The standard InChI is InChI=1S/C38H40O18/c1-50-22-11-16(3-9-19(22)41)4-10-27(43)52-15-26-31(45)33(47)35(49)38(55-26)56-37-34(48)30(44)25(14-39)54-36(37)29-23(51-2)13-24-28(32(29)46)20(42)12-21(53-24)17-5-7-18(40)8-6-17/h3-13,25-26,30-31,33-41,44-49H,14-15H2,1-2H3/t25-,26-,30-,31-,33+,34+,35-,36+,37-,38+/m1/s1. The maximum Gasteiger partial charge on any atom is 0.330 e. The third-order valence-electron chi connectivity index (χ3n) is 9.48. The molecule has 3 aromatic carbocycles. The fourth-order valence-electron chi connectivity index (χ4n) is 6.48. The molecule has 18 nitrogen and oxygen atoms in total. The van der Waals surface area contributed by atoms with Gasteiger partial charge in [-0.25, -0.2) is 4.79 Å². The summed E-state index contributed by atoms with van der Waals surface area (Å²) in [5.74, 6) is -1.70. The Morgan fingerprint density at radius 2 is 1.50 bits per heavy atom. The second kappa shape index (κ2) is 16.8. The first kappa shape index (κ1) is 40.4. The van der Waals surface area contributed by atoms with Crippen molar-refractivity contribution in [1.29, 1.82) is 0 Å². The summed E-state index contributed by atoms with van der Waals surface area (Å²) in [6.45, 7) is -1.50. The number of carbonyl (C=O) groups excluding carboxylic acids is 1. The lowest BCUT2D eigenvalue weighted by Crippen LogP contribution is -2.63. The maximum atomic E-state index is 13.5. The molecule has 0 amide bonds. The molecule has 10 atom stereocenters. The average molecular weight is 785 g/mol. The van der Waals surface area contributed by atoms with Gasteiger partial charge in [0.15, 0.2) is 23.2 Å². The third kappa shape index (κ3) is 8.01. The van der Waals surface area contributed by atoms with Gasteiger partial charge in [0.2, 0.25) is 0 Å². The largest absolute Gasteiger partial charge is 0.508 e. The molecule has 2 saturated heterocycles. The monoisotopic (exact) mass is 784 g/mol. The van der Waals surface area contributed by atoms with E-state index in [4.69, 9.17) is 32.8 Å². The Morgan fingerprint density at radius 1 is 0.804 bits per heavy atom. The third-order valence-corrected chi connectivity index (χ3v) is 9.48. The Kier molecular flexibility index (Phi) is 12.1. The number of aliphatic hydroxyl groups excluding tert-OH is 6. The lowest BCUT2D eigenvalue weighted by atomic mass is 9.89. The SMILES string of the molecule is COc1cc(C=CC(=O)OC[C@H]2O[C@@H](O[C@@H]3[C@@H](O)[C@H](O)[C@@H](CO)O[C@H]3c3c(OC)cc4oc(-c5ccc(O)cc5)cc(=O)c4c3O)[C@H](O)[C@@H](O)[C@@H]2O)ccc1O. The van der Waals surface area contributed by atoms with E-state index in [2.05, 4.69) is 0 Å². The van der Waals surface area contributed by atoms with Crippen molar-refractivity contribution in [2.45, 2.75) is 61.2 Å². The normalized spacial score (nSPS) is 28.0. The molecule has 2 aliphatic rings. The Bertz CT molecular complexity index is 2110. The van der Waals surface area contributed by atoms with Crippen LogP contribution in [0.15, 0.2) is 69.9 Å². The molecule has 0 radical (unpaired) electrons. The summed E-state index contributed by atoms with van der Waals surface area (Å²) in [5.41, 5.74) is -0.256. The molecule has 0 spiro atoms. The van der Waals surface area contributed by atoms with Gasteiger partial charge in [-0.3, -0.25) is 4.79 Å². The summed E-state index contributed by atoms with van der Waals surface area (Å²) < 4.78 is 39.2. The van der Waals surface area contributed by atoms with Crippen molar-refractivity contribution in [2.75, 3.05) is 27.4 Å². The van der Waals surface area contributed by atoms with E-state index < -0.39 is 91.6 Å². The molecule has 56 heavy (non-hydrogen) atoms. The number of aromatic hydroxyl groups is 3. The highest BCUT2D eigenvalue weighted by atomic mass is 16.7. The van der Waals surface area contributed by atoms with Crippen molar-refractivity contribution in [3.8, 4) is 40.1 Å². The van der Waals surface area contributed by atoms with Gasteiger partial charge in [0.25, 0.3) is 0 Å². The van der Waals surface area contributed by atoms with Gasteiger partial charge in [0, 0.05) is 23.8 Å². The summed E-state index contributed by atoms with van der Waals surface area (Å²) in [4.78, 5) is 26.0. The minimum absolute atomic E-state index is 0.0214. The van der Waals surface area contributed by atoms with Crippen LogP contribution in [0.2, 0.25) is 0 Å². The molecule has 4 aromatic rings. The molecular formula is C38H40O18. The predicted octanol–water partition coefficient (Wildman–Crippen LogP) is 0.197. The van der Waals surface area contributed by atoms with Crippen molar-refractivity contribution in [1.82, 2.24) is 0 Å². The van der Waals surface area contributed by atoms with Crippen molar-refractivity contribution < 1.29 is 83.6 Å². The number of phenols is 3. The van der Waals surface area contributed by atoms with E-state index in [9.17, 15) is 55.5 Å². The molecule has 6 rings (SSSR count). The van der Waals surface area contributed by atoms with E-state index in [1.54, 1.807) is 0 Å². The zero-order chi connectivity index (χ0) is 40.4. The van der Waals surface area contributed by atoms with E-state index >= 15 is 0 Å². The number of benzene rings is 3. The molecule has 0 saturated carbocycles. The predicted molar refractivity (Wildman–Crippen MR) is 191 cm³/mol. The van der Waals surface area contributed by atoms with E-state index in [1.165, 1.54) is 68.8 Å². The number of hydrogen-bond acceptors (Lipinski definition) is 18. The molecule has 2 fully saturated rings. The molecule has 0 bridgehead atoms. The first-order chi connectivity index (χ1) is 26.8. The van der Waals surface area contributed by atoms with Gasteiger partial charge in [0.1, 0.15) is 95.5 Å². The first-order valence-corrected chi connectivity index (χ1v) is 17.1. The Hall–Kier alpha value is -5.28. The van der Waals surface area contributed by atoms with Crippen LogP contribution in [0.25, 0.3) is 28.4 Å². The highest BCUT2D eigenvalue weighted by Crippen LogP contribution is 2.46. The van der Waals surface area contributed by atoms with Crippen molar-refractivity contribution in [3.63, 3.8) is 0 Å². The number of fused-ring (bicyclic) bond motifs is 1. The van der Waals surface area contributed by atoms with Crippen LogP contribution in [-0.4, -0.2) is 134 Å². The van der Waals surface area contributed by atoms with Gasteiger partial charge in [0.05, 0.1) is 26.4 Å². The number of phenolic OH excluding ortho intramolecular Hbond substituents is 3. The van der Waals surface area contributed by atoms with Crippen molar-refractivity contribution >= 4 is 23.0 Å². The van der Waals surface area contributed by atoms with Crippen molar-refractivity contribution in [2.24, 2.45) is 0 Å². The van der Waals surface area contributed by atoms with E-state index in [0.29, 0.717) is 11.1 Å². The van der Waals surface area contributed by atoms with Crippen LogP contribution in [0.5, 0.6) is 28.7 Å². The first-order valence-electron chi connectivity index (χ1n) is 17.1. The topological polar surface area (TPSA) is 285 Å². The van der Waals surface area contributed by atoms with Crippen LogP contribution in [0.4, 0.5) is 0 Å². The quantitative estimate of drug-likeness (QED) is 0.0725. The smallest absolute Gasteiger partial charge is 0.330 e. The highest BCUT2D eigenvalue weighted by Gasteiger charge is 2.52. The van der Waals surface area contributed by atoms with E-state index in [-0.39, 0.29) is 45.3 Å². The summed E-state index contributed by atoms with van der Waals surface area (Å²) in [7, 11) is 2.57. The zero-order valence-electron chi connectivity index (χ0n) is 29.7. The number of methoxy groups -OCH3 is 2. The number of esters is 1. The minimum atomic E-state index is -2.00. The van der Waals surface area contributed by atoms with Crippen LogP contribution >= 0.6 is 0 Å². The second-order valence-corrected chi connectivity index (χ2v) is 13.0. The Balaban J connectivity index is 1.28. The fraction of sp³-hybridized carbons (Fsp3) is 0.368. The summed E-state index contributed by atoms with van der Waals surface area (Å²) in [6, 6.07) is 12.5. The second-order valence-electron chi connectivity index (χ2n) is 13.0. The van der Waals surface area contributed by atoms with Crippen LogP contribution in [-0.2, 0) is 23.7 Å². The van der Waals surface area contributed by atoms with Crippen LogP contribution < -0.4 is 14.9 Å². The number of rotatable bonds is 11. The van der Waals surface area contributed by atoms with Gasteiger partial charge < -0.3 is 78.8 Å². The number of aliphatic hydroxyl groups is 6. The zero-order valence-corrected chi connectivity index (χ0v) is 29.7. The van der Waals surface area contributed by atoms with Gasteiger partial charge in [-0.05, 0) is 48.0 Å². The molecule has 18 heteroatoms. The van der Waals surface area contributed by atoms with E-state index in [1.807, 2.05) is 0 Å². The van der Waals surface area contributed by atoms with Crippen LogP contribution in [0, 0.1) is 0 Å². The minimum Gasteiger partial charge on any atom is -0.508 e. The lowest BCUT2D eigenvalue weighted by molar-refractivity contribution is -0.342.